The third-order valence-electron chi connectivity index (χ3n) is 4.51. The third-order valence-corrected chi connectivity index (χ3v) is 4.51. The summed E-state index contributed by atoms with van der Waals surface area (Å²) in [5.41, 5.74) is 0. The Morgan fingerprint density at radius 3 is 1.63 bits per heavy atom. The lowest BCUT2D eigenvalue weighted by Crippen LogP contribution is -2.23. The molecule has 0 aromatic rings. The van der Waals surface area contributed by atoms with E-state index in [1.807, 2.05) is 0 Å². The predicted molar refractivity (Wildman–Crippen MR) is 100 cm³/mol. The molecule has 0 rings (SSSR count). The topological polar surface area (TPSA) is 107 Å². The zero-order chi connectivity index (χ0) is 20.2. The molecule has 0 heterocycles. The molecule has 0 aromatic heterocycles. The fraction of sp³-hybridized carbons (Fsp3) is 0.800. The predicted octanol–water partition coefficient (Wildman–Crippen LogP) is 3.67. The van der Waals surface area contributed by atoms with Crippen molar-refractivity contribution in [2.45, 2.75) is 83.5 Å². The van der Waals surface area contributed by atoms with E-state index in [1.165, 1.54) is 0 Å². The molecular weight excluding hydrogens is 352 g/mol. The van der Waals surface area contributed by atoms with Crippen LogP contribution < -0.4 is 0 Å². The number of Topliss-reactive ketones (excluding diaryl/α,β-unsaturated/α-hetero) is 1. The van der Waals surface area contributed by atoms with Gasteiger partial charge in [-0.05, 0) is 25.7 Å². The molecule has 27 heavy (non-hydrogen) atoms. The minimum Gasteiger partial charge on any atom is -0.481 e. The monoisotopic (exact) mass is 386 g/mol. The number of carbonyl (C=O) groups excluding carboxylic acids is 3. The summed E-state index contributed by atoms with van der Waals surface area (Å²) in [5, 5.41) is 9.28. The van der Waals surface area contributed by atoms with E-state index < -0.39 is 11.9 Å². The number of carboxylic acid groups (broad SMARTS) is 1. The third kappa shape index (κ3) is 16.0. The second kappa shape index (κ2) is 18.9. The average molecular weight is 386 g/mol. The van der Waals surface area contributed by atoms with Crippen LogP contribution >= 0.6 is 0 Å². The first-order valence-electron chi connectivity index (χ1n) is 9.99. The van der Waals surface area contributed by atoms with Crippen molar-refractivity contribution in [1.82, 2.24) is 0 Å². The minimum atomic E-state index is -1.02. The standard InChI is InChI=1S/C20H34O7/c21-16-26-14-10-6-2-1-5-9-13-19(23)18(20(24)25)12-8-4-3-7-11-15-27-17-22/h16-18H,1-15H2,(H,24,25). The van der Waals surface area contributed by atoms with Gasteiger partial charge in [0.2, 0.25) is 0 Å². The summed E-state index contributed by atoms with van der Waals surface area (Å²) in [7, 11) is 0. The number of ether oxygens (including phenoxy) is 2. The van der Waals surface area contributed by atoms with E-state index in [1.54, 1.807) is 0 Å². The zero-order valence-corrected chi connectivity index (χ0v) is 16.2. The molecule has 0 saturated heterocycles. The molecule has 0 fully saturated rings. The maximum absolute atomic E-state index is 12.1. The fourth-order valence-electron chi connectivity index (χ4n) is 2.95. The first-order chi connectivity index (χ1) is 13.1. The van der Waals surface area contributed by atoms with Crippen LogP contribution in [0.5, 0.6) is 0 Å². The van der Waals surface area contributed by atoms with Crippen molar-refractivity contribution in [2.75, 3.05) is 13.2 Å². The highest BCUT2D eigenvalue weighted by Gasteiger charge is 2.24. The molecule has 1 unspecified atom stereocenters. The summed E-state index contributed by atoms with van der Waals surface area (Å²) in [5.74, 6) is -2.07. The second-order valence-corrected chi connectivity index (χ2v) is 6.72. The smallest absolute Gasteiger partial charge is 0.314 e. The lowest BCUT2D eigenvalue weighted by molar-refractivity contribution is -0.146. The van der Waals surface area contributed by atoms with E-state index >= 15 is 0 Å². The summed E-state index contributed by atoms with van der Waals surface area (Å²) < 4.78 is 9.22. The SMILES string of the molecule is O=COCCCCCCCCC(=O)C(CCCCCCCOC=O)C(=O)O. The number of aliphatic carboxylic acids is 1. The molecule has 7 nitrogen and oxygen atoms in total. The van der Waals surface area contributed by atoms with Gasteiger partial charge in [-0.3, -0.25) is 19.2 Å². The van der Waals surface area contributed by atoms with Crippen LogP contribution in [-0.4, -0.2) is 43.0 Å². The van der Waals surface area contributed by atoms with Crippen LogP contribution in [0, 0.1) is 5.92 Å². The fourth-order valence-corrected chi connectivity index (χ4v) is 2.95. The van der Waals surface area contributed by atoms with Crippen molar-refractivity contribution in [3.05, 3.63) is 0 Å². The van der Waals surface area contributed by atoms with E-state index in [9.17, 15) is 24.3 Å². The largest absolute Gasteiger partial charge is 0.481 e. The Balaban J connectivity index is 3.72. The number of rotatable bonds is 21. The number of hydrogen-bond donors (Lipinski definition) is 1. The van der Waals surface area contributed by atoms with Gasteiger partial charge >= 0.3 is 5.97 Å². The Kier molecular flexibility index (Phi) is 17.5. The molecule has 0 spiro atoms. The lowest BCUT2D eigenvalue weighted by atomic mass is 9.93. The van der Waals surface area contributed by atoms with Crippen molar-refractivity contribution in [2.24, 2.45) is 5.92 Å². The van der Waals surface area contributed by atoms with Crippen molar-refractivity contribution in [3.8, 4) is 0 Å². The number of carboxylic acids is 1. The van der Waals surface area contributed by atoms with Gasteiger partial charge in [-0.25, -0.2) is 0 Å². The number of hydrogen-bond acceptors (Lipinski definition) is 6. The molecule has 0 amide bonds. The van der Waals surface area contributed by atoms with Gasteiger partial charge in [-0.2, -0.15) is 0 Å². The van der Waals surface area contributed by atoms with Crippen LogP contribution in [0.25, 0.3) is 0 Å². The summed E-state index contributed by atoms with van der Waals surface area (Å²) >= 11 is 0. The van der Waals surface area contributed by atoms with Crippen LogP contribution in [0.4, 0.5) is 0 Å². The van der Waals surface area contributed by atoms with Crippen LogP contribution in [0.2, 0.25) is 0 Å². The summed E-state index contributed by atoms with van der Waals surface area (Å²) in [6, 6.07) is 0. The normalized spacial score (nSPS) is 11.6. The van der Waals surface area contributed by atoms with Gasteiger partial charge in [0.05, 0.1) is 13.2 Å². The Morgan fingerprint density at radius 2 is 1.15 bits per heavy atom. The van der Waals surface area contributed by atoms with Crippen LogP contribution in [0.15, 0.2) is 0 Å². The molecular formula is C20H34O7. The Bertz CT molecular complexity index is 409. The summed E-state index contributed by atoms with van der Waals surface area (Å²) in [6.07, 6.45) is 10.5. The van der Waals surface area contributed by atoms with Crippen LogP contribution in [-0.2, 0) is 28.7 Å². The molecule has 1 N–H and O–H groups in total. The molecule has 156 valence electrons. The Hall–Kier alpha value is -1.92. The van der Waals surface area contributed by atoms with Crippen molar-refractivity contribution < 1.29 is 33.8 Å². The highest BCUT2D eigenvalue weighted by Crippen LogP contribution is 2.17. The Labute approximate surface area is 161 Å². The minimum absolute atomic E-state index is 0.165. The van der Waals surface area contributed by atoms with Gasteiger partial charge < -0.3 is 14.6 Å². The molecule has 0 aliphatic heterocycles. The number of carbonyl (C=O) groups is 4. The number of unbranched alkanes of at least 4 members (excludes halogenated alkanes) is 9. The average Bonchev–Trinajstić information content (AvgIpc) is 2.65. The van der Waals surface area contributed by atoms with E-state index in [-0.39, 0.29) is 5.78 Å². The van der Waals surface area contributed by atoms with Gasteiger partial charge in [-0.1, -0.05) is 51.4 Å². The molecule has 7 heteroatoms. The molecule has 0 radical (unpaired) electrons. The first-order valence-corrected chi connectivity index (χ1v) is 9.99. The van der Waals surface area contributed by atoms with Crippen molar-refractivity contribution >= 4 is 24.7 Å². The van der Waals surface area contributed by atoms with Gasteiger partial charge in [0.25, 0.3) is 12.9 Å². The van der Waals surface area contributed by atoms with E-state index in [0.717, 1.165) is 70.6 Å². The van der Waals surface area contributed by atoms with E-state index in [4.69, 9.17) is 0 Å². The van der Waals surface area contributed by atoms with Crippen molar-refractivity contribution in [3.63, 3.8) is 0 Å². The van der Waals surface area contributed by atoms with Gasteiger partial charge in [0, 0.05) is 6.42 Å². The molecule has 0 aliphatic carbocycles. The molecule has 1 atom stereocenters. The highest BCUT2D eigenvalue weighted by molar-refractivity contribution is 5.98. The van der Waals surface area contributed by atoms with Gasteiger partial charge in [0.15, 0.2) is 0 Å². The molecule has 0 bridgehead atoms. The van der Waals surface area contributed by atoms with Crippen LogP contribution in [0.3, 0.4) is 0 Å². The highest BCUT2D eigenvalue weighted by atomic mass is 16.5. The summed E-state index contributed by atoms with van der Waals surface area (Å²) in [4.78, 5) is 43.5. The first kappa shape index (κ1) is 25.1. The second-order valence-electron chi connectivity index (χ2n) is 6.72. The van der Waals surface area contributed by atoms with Gasteiger partial charge in [0.1, 0.15) is 11.7 Å². The molecule has 0 aliphatic rings. The van der Waals surface area contributed by atoms with Gasteiger partial charge in [-0.15, -0.1) is 0 Å². The number of ketones is 1. The molecule has 0 saturated carbocycles. The zero-order valence-electron chi connectivity index (χ0n) is 16.2. The summed E-state index contributed by atoms with van der Waals surface area (Å²) in [6.45, 7) is 1.77. The van der Waals surface area contributed by atoms with E-state index in [0.29, 0.717) is 39.0 Å². The maximum atomic E-state index is 12.1. The maximum Gasteiger partial charge on any atom is 0.314 e. The van der Waals surface area contributed by atoms with Crippen LogP contribution in [0.1, 0.15) is 83.5 Å². The quantitative estimate of drug-likeness (QED) is 0.182. The Morgan fingerprint density at radius 1 is 0.704 bits per heavy atom. The van der Waals surface area contributed by atoms with Crippen molar-refractivity contribution in [1.29, 1.82) is 0 Å². The van der Waals surface area contributed by atoms with E-state index in [2.05, 4.69) is 9.47 Å². The molecule has 0 aromatic carbocycles. The lowest BCUT2D eigenvalue weighted by Gasteiger charge is -2.11.